The minimum atomic E-state index is -0.310. The Balaban J connectivity index is 1.66. The quantitative estimate of drug-likeness (QED) is 0.813. The Morgan fingerprint density at radius 3 is 2.48 bits per heavy atom. The van der Waals surface area contributed by atoms with Crippen molar-refractivity contribution in [1.82, 2.24) is 10.2 Å². The van der Waals surface area contributed by atoms with Gasteiger partial charge in [0, 0.05) is 24.8 Å². The Bertz CT molecular complexity index is 683. The van der Waals surface area contributed by atoms with Crippen molar-refractivity contribution in [1.29, 1.82) is 0 Å². The van der Waals surface area contributed by atoms with Gasteiger partial charge in [-0.05, 0) is 25.3 Å². The number of hydrogen-bond donors (Lipinski definition) is 1. The zero-order valence-corrected chi connectivity index (χ0v) is 16.7. The minimum absolute atomic E-state index is 0.0541. The van der Waals surface area contributed by atoms with Crippen LogP contribution in [0, 0.1) is 12.8 Å². The summed E-state index contributed by atoms with van der Waals surface area (Å²) in [5, 5.41) is 3.16. The number of thioether (sulfide) groups is 1. The molecule has 1 unspecified atom stereocenters. The van der Waals surface area contributed by atoms with Crippen LogP contribution in [0.3, 0.4) is 0 Å². The highest BCUT2D eigenvalue weighted by atomic mass is 32.2. The Morgan fingerprint density at radius 1 is 1.15 bits per heavy atom. The highest BCUT2D eigenvalue weighted by Crippen LogP contribution is 2.27. The minimum Gasteiger partial charge on any atom is -0.352 e. The predicted octanol–water partition coefficient (Wildman–Crippen LogP) is 3.05. The lowest BCUT2D eigenvalue weighted by Crippen LogP contribution is -2.46. The van der Waals surface area contributed by atoms with Gasteiger partial charge in [-0.2, -0.15) is 0 Å². The van der Waals surface area contributed by atoms with Crippen molar-refractivity contribution in [2.75, 3.05) is 12.3 Å². The Morgan fingerprint density at radius 2 is 1.85 bits per heavy atom. The third-order valence-electron chi connectivity index (χ3n) is 5.32. The first-order valence-corrected chi connectivity index (χ1v) is 10.8. The first-order chi connectivity index (χ1) is 13.0. The lowest BCUT2D eigenvalue weighted by Gasteiger charge is -2.27. The molecule has 1 saturated heterocycles. The summed E-state index contributed by atoms with van der Waals surface area (Å²) >= 11 is 1.22. The fourth-order valence-corrected chi connectivity index (χ4v) is 4.72. The van der Waals surface area contributed by atoms with E-state index in [1.807, 2.05) is 31.2 Å². The molecule has 1 saturated carbocycles. The Labute approximate surface area is 165 Å². The van der Waals surface area contributed by atoms with E-state index in [-0.39, 0.29) is 41.9 Å². The maximum Gasteiger partial charge on any atom is 0.239 e. The van der Waals surface area contributed by atoms with Crippen LogP contribution in [-0.4, -0.2) is 40.2 Å². The molecule has 0 radical (unpaired) electrons. The first-order valence-electron chi connectivity index (χ1n) is 9.80. The summed E-state index contributed by atoms with van der Waals surface area (Å²) < 4.78 is 0. The van der Waals surface area contributed by atoms with Crippen LogP contribution in [0.15, 0.2) is 24.3 Å². The zero-order chi connectivity index (χ0) is 19.2. The normalized spacial score (nSPS) is 20.5. The molecule has 0 aromatic heterocycles. The SMILES string of the molecule is Cc1ccc(CN(CC(=O)NC2CCCCC2)C(=O)C2CSC(=O)C2)cc1. The number of aryl methyl sites for hydroxylation is 1. The molecule has 27 heavy (non-hydrogen) atoms. The standard InChI is InChI=1S/C21H28N2O3S/c1-15-7-9-16(10-8-15)12-23(21(26)17-11-20(25)27-14-17)13-19(24)22-18-5-3-2-4-6-18/h7-10,17-18H,2-6,11-14H2,1H3,(H,22,24). The molecule has 1 heterocycles. The number of nitrogens with zero attached hydrogens (tertiary/aromatic N) is 1. The van der Waals surface area contributed by atoms with Crippen LogP contribution in [0.4, 0.5) is 0 Å². The smallest absolute Gasteiger partial charge is 0.239 e. The molecule has 1 N–H and O–H groups in total. The second kappa shape index (κ2) is 9.40. The van der Waals surface area contributed by atoms with E-state index < -0.39 is 0 Å². The molecule has 2 fully saturated rings. The number of carbonyl (C=O) groups excluding carboxylic acids is 3. The van der Waals surface area contributed by atoms with Crippen molar-refractivity contribution in [2.24, 2.45) is 5.92 Å². The largest absolute Gasteiger partial charge is 0.352 e. The number of carbonyl (C=O) groups is 3. The molecule has 1 aromatic rings. The van der Waals surface area contributed by atoms with Gasteiger partial charge < -0.3 is 10.2 Å². The van der Waals surface area contributed by atoms with E-state index in [2.05, 4.69) is 5.32 Å². The van der Waals surface area contributed by atoms with Gasteiger partial charge in [0.25, 0.3) is 0 Å². The molecule has 1 aliphatic heterocycles. The Hall–Kier alpha value is -1.82. The molecule has 146 valence electrons. The molecule has 1 aromatic carbocycles. The number of hydrogen-bond acceptors (Lipinski definition) is 4. The fourth-order valence-electron chi connectivity index (χ4n) is 3.75. The number of rotatable bonds is 6. The topological polar surface area (TPSA) is 66.5 Å². The molecule has 2 amide bonds. The predicted molar refractivity (Wildman–Crippen MR) is 107 cm³/mol. The van der Waals surface area contributed by atoms with Gasteiger partial charge in [0.2, 0.25) is 11.8 Å². The van der Waals surface area contributed by atoms with Crippen LogP contribution in [0.25, 0.3) is 0 Å². The summed E-state index contributed by atoms with van der Waals surface area (Å²) in [5.74, 6) is 0.0224. The van der Waals surface area contributed by atoms with Gasteiger partial charge in [0.15, 0.2) is 5.12 Å². The highest BCUT2D eigenvalue weighted by Gasteiger charge is 2.33. The number of nitrogens with one attached hydrogen (secondary N) is 1. The third-order valence-corrected chi connectivity index (χ3v) is 6.38. The summed E-state index contributed by atoms with van der Waals surface area (Å²) in [6, 6.07) is 8.22. The van der Waals surface area contributed by atoms with Crippen molar-refractivity contribution >= 4 is 28.7 Å². The average molecular weight is 389 g/mol. The van der Waals surface area contributed by atoms with Crippen LogP contribution in [-0.2, 0) is 20.9 Å². The van der Waals surface area contributed by atoms with Gasteiger partial charge in [-0.1, -0.05) is 60.9 Å². The van der Waals surface area contributed by atoms with Crippen molar-refractivity contribution < 1.29 is 14.4 Å². The van der Waals surface area contributed by atoms with E-state index >= 15 is 0 Å². The van der Waals surface area contributed by atoms with Gasteiger partial charge in [-0.3, -0.25) is 14.4 Å². The molecule has 1 atom stereocenters. The molecular weight excluding hydrogens is 360 g/mol. The molecule has 0 spiro atoms. The van der Waals surface area contributed by atoms with Crippen LogP contribution >= 0.6 is 11.8 Å². The lowest BCUT2D eigenvalue weighted by molar-refractivity contribution is -0.140. The van der Waals surface area contributed by atoms with Crippen molar-refractivity contribution in [3.63, 3.8) is 0 Å². The van der Waals surface area contributed by atoms with Crippen LogP contribution in [0.1, 0.15) is 49.7 Å². The van der Waals surface area contributed by atoms with E-state index in [1.54, 1.807) is 4.90 Å². The second-order valence-electron chi connectivity index (χ2n) is 7.67. The summed E-state index contributed by atoms with van der Waals surface area (Å²) in [4.78, 5) is 38.7. The van der Waals surface area contributed by atoms with Gasteiger partial charge in [0.05, 0.1) is 12.5 Å². The van der Waals surface area contributed by atoms with E-state index in [9.17, 15) is 14.4 Å². The summed E-state index contributed by atoms with van der Waals surface area (Å²) in [5.41, 5.74) is 2.15. The van der Waals surface area contributed by atoms with Crippen molar-refractivity contribution in [3.8, 4) is 0 Å². The number of benzene rings is 1. The third kappa shape index (κ3) is 5.83. The monoisotopic (exact) mass is 388 g/mol. The van der Waals surface area contributed by atoms with Crippen LogP contribution in [0.5, 0.6) is 0 Å². The first kappa shape index (κ1) is 19.9. The summed E-state index contributed by atoms with van der Waals surface area (Å²) in [6.07, 6.45) is 5.85. The van der Waals surface area contributed by atoms with Gasteiger partial charge >= 0.3 is 0 Å². The molecule has 2 aliphatic rings. The van der Waals surface area contributed by atoms with E-state index in [1.165, 1.54) is 18.2 Å². The van der Waals surface area contributed by atoms with E-state index in [4.69, 9.17) is 0 Å². The molecule has 6 heteroatoms. The van der Waals surface area contributed by atoms with Gasteiger partial charge in [-0.25, -0.2) is 0 Å². The molecule has 1 aliphatic carbocycles. The van der Waals surface area contributed by atoms with Crippen LogP contribution < -0.4 is 5.32 Å². The maximum atomic E-state index is 13.0. The number of amides is 2. The lowest BCUT2D eigenvalue weighted by atomic mass is 9.95. The molecule has 5 nitrogen and oxygen atoms in total. The van der Waals surface area contributed by atoms with Gasteiger partial charge in [0.1, 0.15) is 0 Å². The van der Waals surface area contributed by atoms with Crippen molar-refractivity contribution in [2.45, 2.75) is 58.0 Å². The summed E-state index contributed by atoms with van der Waals surface area (Å²) in [7, 11) is 0. The average Bonchev–Trinajstić information content (AvgIpc) is 3.09. The molecule has 3 rings (SSSR count). The fraction of sp³-hybridized carbons (Fsp3) is 0.571. The Kier molecular flexibility index (Phi) is 6.94. The maximum absolute atomic E-state index is 13.0. The summed E-state index contributed by atoms with van der Waals surface area (Å²) in [6.45, 7) is 2.47. The highest BCUT2D eigenvalue weighted by molar-refractivity contribution is 8.14. The van der Waals surface area contributed by atoms with Gasteiger partial charge in [-0.15, -0.1) is 0 Å². The van der Waals surface area contributed by atoms with Crippen LogP contribution in [0.2, 0.25) is 0 Å². The molecular formula is C21H28N2O3S. The van der Waals surface area contributed by atoms with E-state index in [0.717, 1.165) is 36.8 Å². The van der Waals surface area contributed by atoms with Crippen molar-refractivity contribution in [3.05, 3.63) is 35.4 Å². The second-order valence-corrected chi connectivity index (χ2v) is 8.74. The van der Waals surface area contributed by atoms with E-state index in [0.29, 0.717) is 12.3 Å². The zero-order valence-electron chi connectivity index (χ0n) is 15.9. The molecule has 0 bridgehead atoms.